The quantitative estimate of drug-likeness (QED) is 0.441. The molecule has 0 fully saturated rings. The van der Waals surface area contributed by atoms with E-state index in [1.165, 1.54) is 20.0 Å². The predicted octanol–water partition coefficient (Wildman–Crippen LogP) is 4.74. The lowest BCUT2D eigenvalue weighted by atomic mass is 9.89. The summed E-state index contributed by atoms with van der Waals surface area (Å²) in [6.45, 7) is 10.5. The molecule has 1 heterocycles. The molecule has 2 amide bonds. The van der Waals surface area contributed by atoms with E-state index in [-0.39, 0.29) is 11.3 Å². The van der Waals surface area contributed by atoms with E-state index in [0.29, 0.717) is 5.06 Å². The monoisotopic (exact) mass is 487 g/mol. The number of ether oxygens (including phenoxy) is 2. The number of hydroxylamine groups is 2. The molecule has 1 aromatic rings. The number of rotatable bonds is 2. The average molecular weight is 487 g/mol. The average Bonchev–Trinajstić information content (AvgIpc) is 2.87. The molecular weight excluding hydrogens is 459 g/mol. The fraction of sp³-hybridized carbons (Fsp3) is 0.545. The first-order valence-corrected chi connectivity index (χ1v) is 10.2. The van der Waals surface area contributed by atoms with Crippen molar-refractivity contribution < 1.29 is 41.9 Å². The van der Waals surface area contributed by atoms with Gasteiger partial charge < -0.3 is 9.47 Å². The summed E-state index contributed by atoms with van der Waals surface area (Å²) in [5.41, 5.74) is -5.61. The predicted molar refractivity (Wildman–Crippen MR) is 115 cm³/mol. The summed E-state index contributed by atoms with van der Waals surface area (Å²) in [6.07, 6.45) is -7.24. The number of nitrogens with zero attached hydrogens (tertiary/aromatic N) is 3. The van der Waals surface area contributed by atoms with Gasteiger partial charge in [-0.1, -0.05) is 12.1 Å². The van der Waals surface area contributed by atoms with Gasteiger partial charge in [0.15, 0.2) is 0 Å². The van der Waals surface area contributed by atoms with E-state index in [1.807, 2.05) is 0 Å². The largest absolute Gasteiger partial charge is 0.534 e. The van der Waals surface area contributed by atoms with Crippen molar-refractivity contribution in [3.05, 3.63) is 35.4 Å². The zero-order chi connectivity index (χ0) is 26.3. The van der Waals surface area contributed by atoms with E-state index >= 15 is 0 Å². The van der Waals surface area contributed by atoms with Crippen LogP contribution in [0.2, 0.25) is 0 Å². The number of carbonyl (C=O) groups is 3. The zero-order valence-electron chi connectivity index (χ0n) is 20.2. The highest BCUT2D eigenvalue weighted by atomic mass is 19.4. The van der Waals surface area contributed by atoms with Gasteiger partial charge in [0, 0.05) is 12.6 Å². The highest BCUT2D eigenvalue weighted by Crippen LogP contribution is 2.35. The molecule has 0 radical (unpaired) electrons. The SMILES string of the molecule is CN1N=C(c2cccc(C(F)(F)F)c2)C(C)(N(OC(=O)OC(C)(C)C)C(=O)OC(C)(C)C)C1=O. The van der Waals surface area contributed by atoms with Crippen molar-refractivity contribution >= 4 is 23.9 Å². The van der Waals surface area contributed by atoms with Crippen LogP contribution in [0, 0.1) is 0 Å². The smallest absolute Gasteiger partial charge is 0.442 e. The van der Waals surface area contributed by atoms with Gasteiger partial charge in [-0.05, 0) is 60.6 Å². The Morgan fingerprint density at radius 1 is 1.03 bits per heavy atom. The van der Waals surface area contributed by atoms with Crippen LogP contribution >= 0.6 is 0 Å². The first-order valence-electron chi connectivity index (χ1n) is 10.2. The summed E-state index contributed by atoms with van der Waals surface area (Å²) >= 11 is 0. The fourth-order valence-corrected chi connectivity index (χ4v) is 3.03. The molecule has 0 bridgehead atoms. The Morgan fingerprint density at radius 2 is 1.59 bits per heavy atom. The maximum absolute atomic E-state index is 13.3. The molecule has 1 aromatic carbocycles. The summed E-state index contributed by atoms with van der Waals surface area (Å²) < 4.78 is 50.3. The number of amides is 2. The van der Waals surface area contributed by atoms with E-state index < -0.39 is 46.6 Å². The molecular formula is C22H28F3N3O6. The van der Waals surface area contributed by atoms with Crippen molar-refractivity contribution in [1.29, 1.82) is 0 Å². The van der Waals surface area contributed by atoms with Crippen molar-refractivity contribution in [1.82, 2.24) is 10.1 Å². The highest BCUT2D eigenvalue weighted by Gasteiger charge is 2.57. The number of halogens is 3. The number of hydrogen-bond acceptors (Lipinski definition) is 7. The standard InChI is InChI=1S/C22H28F3N3O6/c1-19(2,3)32-17(30)28(34-18(31)33-20(4,5)6)21(7)15(26-27(8)16(21)29)13-10-9-11-14(12-13)22(23,24)25/h9-12H,1-8H3. The molecule has 1 aliphatic heterocycles. The van der Waals surface area contributed by atoms with Crippen LogP contribution in [0.5, 0.6) is 0 Å². The van der Waals surface area contributed by atoms with Crippen LogP contribution in [0.4, 0.5) is 22.8 Å². The Bertz CT molecular complexity index is 1010. The molecule has 12 heteroatoms. The highest BCUT2D eigenvalue weighted by molar-refractivity contribution is 6.24. The molecule has 1 atom stereocenters. The molecule has 0 aliphatic carbocycles. The van der Waals surface area contributed by atoms with E-state index in [4.69, 9.17) is 14.3 Å². The Balaban J connectivity index is 2.63. The van der Waals surface area contributed by atoms with E-state index in [1.54, 1.807) is 41.5 Å². The molecule has 1 unspecified atom stereocenters. The minimum absolute atomic E-state index is 0.114. The number of benzene rings is 1. The number of hydrazone groups is 1. The third kappa shape index (κ3) is 5.97. The number of carbonyl (C=O) groups excluding carboxylic acids is 3. The van der Waals surface area contributed by atoms with Crippen LogP contribution in [0.1, 0.15) is 59.6 Å². The molecule has 2 rings (SSSR count). The molecule has 0 saturated heterocycles. The van der Waals surface area contributed by atoms with Crippen molar-refractivity contribution in [3.8, 4) is 0 Å². The minimum atomic E-state index is -4.67. The lowest BCUT2D eigenvalue weighted by Gasteiger charge is -2.36. The van der Waals surface area contributed by atoms with Gasteiger partial charge in [-0.25, -0.2) is 14.6 Å². The lowest BCUT2D eigenvalue weighted by Crippen LogP contribution is -2.61. The van der Waals surface area contributed by atoms with Crippen LogP contribution in [0.15, 0.2) is 29.4 Å². The topological polar surface area (TPSA) is 97.7 Å². The van der Waals surface area contributed by atoms with Crippen molar-refractivity contribution in [2.24, 2.45) is 5.10 Å². The van der Waals surface area contributed by atoms with Gasteiger partial charge in [-0.3, -0.25) is 9.63 Å². The molecule has 34 heavy (non-hydrogen) atoms. The van der Waals surface area contributed by atoms with Crippen LogP contribution in [0.3, 0.4) is 0 Å². The van der Waals surface area contributed by atoms with Crippen LogP contribution in [-0.2, 0) is 25.3 Å². The van der Waals surface area contributed by atoms with Crippen LogP contribution in [0.25, 0.3) is 0 Å². The van der Waals surface area contributed by atoms with Crippen molar-refractivity contribution in [2.75, 3.05) is 7.05 Å². The third-order valence-corrected chi connectivity index (χ3v) is 4.41. The summed E-state index contributed by atoms with van der Waals surface area (Å²) in [7, 11) is 1.25. The van der Waals surface area contributed by atoms with Crippen LogP contribution in [-0.4, -0.2) is 57.7 Å². The molecule has 0 aromatic heterocycles. The zero-order valence-corrected chi connectivity index (χ0v) is 20.2. The second-order valence-corrected chi connectivity index (χ2v) is 9.76. The number of likely N-dealkylation sites (N-methyl/N-ethyl adjacent to an activating group) is 1. The lowest BCUT2D eigenvalue weighted by molar-refractivity contribution is -0.176. The minimum Gasteiger partial charge on any atom is -0.442 e. The van der Waals surface area contributed by atoms with Crippen molar-refractivity contribution in [3.63, 3.8) is 0 Å². The third-order valence-electron chi connectivity index (χ3n) is 4.41. The molecule has 9 nitrogen and oxygen atoms in total. The number of hydrogen-bond donors (Lipinski definition) is 0. The molecule has 1 aliphatic rings. The molecule has 0 N–H and O–H groups in total. The van der Waals surface area contributed by atoms with Gasteiger partial charge in [0.25, 0.3) is 5.91 Å². The Kier molecular flexibility index (Phi) is 6.97. The summed E-state index contributed by atoms with van der Waals surface area (Å²) in [5, 5.41) is 5.23. The second kappa shape index (κ2) is 8.80. The van der Waals surface area contributed by atoms with Gasteiger partial charge in [0.2, 0.25) is 5.54 Å². The first-order chi connectivity index (χ1) is 15.3. The second-order valence-electron chi connectivity index (χ2n) is 9.76. The van der Waals surface area contributed by atoms with Crippen LogP contribution < -0.4 is 0 Å². The number of alkyl halides is 3. The van der Waals surface area contributed by atoms with E-state index in [0.717, 1.165) is 23.2 Å². The van der Waals surface area contributed by atoms with Gasteiger partial charge in [-0.2, -0.15) is 18.3 Å². The van der Waals surface area contributed by atoms with Crippen molar-refractivity contribution in [2.45, 2.75) is 71.4 Å². The van der Waals surface area contributed by atoms with E-state index in [2.05, 4.69) is 5.10 Å². The van der Waals surface area contributed by atoms with E-state index in [9.17, 15) is 27.6 Å². The Hall–Kier alpha value is -3.31. The van der Waals surface area contributed by atoms with Gasteiger partial charge in [0.05, 0.1) is 5.56 Å². The summed E-state index contributed by atoms with van der Waals surface area (Å²) in [4.78, 5) is 43.8. The Labute approximate surface area is 195 Å². The van der Waals surface area contributed by atoms with Gasteiger partial charge in [0.1, 0.15) is 16.9 Å². The summed E-state index contributed by atoms with van der Waals surface area (Å²) in [6, 6.07) is 4.06. The fourth-order valence-electron chi connectivity index (χ4n) is 3.03. The maximum Gasteiger partial charge on any atom is 0.534 e. The normalized spacial score (nSPS) is 19.0. The summed E-state index contributed by atoms with van der Waals surface area (Å²) in [5.74, 6) is -0.852. The molecule has 188 valence electrons. The molecule has 0 spiro atoms. The van der Waals surface area contributed by atoms with Gasteiger partial charge >= 0.3 is 18.4 Å². The van der Waals surface area contributed by atoms with Gasteiger partial charge in [-0.15, -0.1) is 5.06 Å². The maximum atomic E-state index is 13.3. The molecule has 0 saturated carbocycles. The Morgan fingerprint density at radius 3 is 2.09 bits per heavy atom. The first kappa shape index (κ1) is 26.9.